The summed E-state index contributed by atoms with van der Waals surface area (Å²) < 4.78 is 1.74. The molecule has 1 amide bonds. The van der Waals surface area contributed by atoms with Crippen LogP contribution in [0.5, 0.6) is 0 Å². The lowest BCUT2D eigenvalue weighted by atomic mass is 10.1. The first-order chi connectivity index (χ1) is 14.6. The molecule has 0 N–H and O–H groups in total. The molecule has 0 saturated carbocycles. The Morgan fingerprint density at radius 3 is 2.43 bits per heavy atom. The summed E-state index contributed by atoms with van der Waals surface area (Å²) >= 11 is 1.59. The molecule has 0 aliphatic carbocycles. The Kier molecular flexibility index (Phi) is 6.44. The second-order valence-electron chi connectivity index (χ2n) is 7.55. The number of carbonyl (C=O) groups excluding carboxylic acids is 1. The predicted molar refractivity (Wildman–Crippen MR) is 118 cm³/mol. The van der Waals surface area contributed by atoms with Gasteiger partial charge >= 0.3 is 0 Å². The standard InChI is InChI=1S/C22H26N6OS/c1-17(2)26-12-14-27(15-13-26)22(29)19-10-6-7-11-20(19)30-16-21-23-24-25-28(21)18-8-4-3-5-9-18/h3-11,17H,12-16H2,1-2H3. The highest BCUT2D eigenvalue weighted by molar-refractivity contribution is 7.98. The summed E-state index contributed by atoms with van der Waals surface area (Å²) in [5.41, 5.74) is 1.67. The maximum atomic E-state index is 13.2. The van der Waals surface area contributed by atoms with E-state index in [9.17, 15) is 4.79 Å². The molecule has 156 valence electrons. The zero-order valence-electron chi connectivity index (χ0n) is 17.3. The summed E-state index contributed by atoms with van der Waals surface area (Å²) in [6.07, 6.45) is 0. The normalized spacial score (nSPS) is 15.0. The zero-order chi connectivity index (χ0) is 20.9. The quantitative estimate of drug-likeness (QED) is 0.569. The Morgan fingerprint density at radius 2 is 1.70 bits per heavy atom. The highest BCUT2D eigenvalue weighted by Gasteiger charge is 2.25. The summed E-state index contributed by atoms with van der Waals surface area (Å²) in [6.45, 7) is 7.78. The fourth-order valence-electron chi connectivity index (χ4n) is 3.59. The van der Waals surface area contributed by atoms with E-state index in [2.05, 4.69) is 34.3 Å². The van der Waals surface area contributed by atoms with Gasteiger partial charge in [0.2, 0.25) is 0 Å². The summed E-state index contributed by atoms with van der Waals surface area (Å²) in [5, 5.41) is 12.1. The molecular formula is C22H26N6OS. The van der Waals surface area contributed by atoms with Gasteiger partial charge in [-0.15, -0.1) is 16.9 Å². The lowest BCUT2D eigenvalue weighted by molar-refractivity contribution is 0.0592. The van der Waals surface area contributed by atoms with Crippen LogP contribution in [0.25, 0.3) is 5.69 Å². The first-order valence-electron chi connectivity index (χ1n) is 10.2. The Balaban J connectivity index is 1.46. The minimum absolute atomic E-state index is 0.101. The van der Waals surface area contributed by atoms with Gasteiger partial charge in [0.15, 0.2) is 5.82 Å². The molecule has 1 aliphatic heterocycles. The van der Waals surface area contributed by atoms with Crippen LogP contribution >= 0.6 is 11.8 Å². The molecule has 3 aromatic rings. The van der Waals surface area contributed by atoms with Gasteiger partial charge in [-0.25, -0.2) is 0 Å². The highest BCUT2D eigenvalue weighted by atomic mass is 32.2. The first kappa shape index (κ1) is 20.6. The SMILES string of the molecule is CC(C)N1CCN(C(=O)c2ccccc2SCc2nnnn2-c2ccccc2)CC1. The minimum atomic E-state index is 0.101. The third-order valence-electron chi connectivity index (χ3n) is 5.34. The molecule has 0 bridgehead atoms. The average molecular weight is 423 g/mol. The van der Waals surface area contributed by atoms with Crippen molar-refractivity contribution < 1.29 is 4.79 Å². The Bertz CT molecular complexity index is 982. The zero-order valence-corrected chi connectivity index (χ0v) is 18.1. The fraction of sp³-hybridized carbons (Fsp3) is 0.364. The number of carbonyl (C=O) groups is 1. The van der Waals surface area contributed by atoms with E-state index in [1.165, 1.54) is 0 Å². The van der Waals surface area contributed by atoms with Crippen molar-refractivity contribution in [1.29, 1.82) is 0 Å². The predicted octanol–water partition coefficient (Wildman–Crippen LogP) is 3.12. The van der Waals surface area contributed by atoms with Crippen molar-refractivity contribution in [3.63, 3.8) is 0 Å². The van der Waals surface area contributed by atoms with Crippen molar-refractivity contribution >= 4 is 17.7 Å². The van der Waals surface area contributed by atoms with E-state index in [4.69, 9.17) is 0 Å². The summed E-state index contributed by atoms with van der Waals surface area (Å²) in [4.78, 5) is 18.5. The summed E-state index contributed by atoms with van der Waals surface area (Å²) in [7, 11) is 0. The Hall–Kier alpha value is -2.71. The van der Waals surface area contributed by atoms with Crippen molar-refractivity contribution in [1.82, 2.24) is 30.0 Å². The van der Waals surface area contributed by atoms with Gasteiger partial charge in [-0.05, 0) is 48.5 Å². The summed E-state index contributed by atoms with van der Waals surface area (Å²) in [6, 6.07) is 18.1. The van der Waals surface area contributed by atoms with E-state index >= 15 is 0 Å². The molecular weight excluding hydrogens is 396 g/mol. The number of amides is 1. The number of hydrogen-bond acceptors (Lipinski definition) is 6. The van der Waals surface area contributed by atoms with E-state index in [0.717, 1.165) is 48.1 Å². The summed E-state index contributed by atoms with van der Waals surface area (Å²) in [5.74, 6) is 1.43. The van der Waals surface area contributed by atoms with Gasteiger partial charge in [-0.3, -0.25) is 9.69 Å². The van der Waals surface area contributed by atoms with E-state index in [1.807, 2.05) is 59.5 Å². The molecule has 0 spiro atoms. The van der Waals surface area contributed by atoms with Gasteiger partial charge in [0.1, 0.15) is 0 Å². The van der Waals surface area contributed by atoms with Gasteiger partial charge in [0, 0.05) is 37.1 Å². The van der Waals surface area contributed by atoms with Gasteiger partial charge < -0.3 is 4.90 Å². The fourth-order valence-corrected chi connectivity index (χ4v) is 4.54. The van der Waals surface area contributed by atoms with Crippen molar-refractivity contribution in [3.05, 3.63) is 66.0 Å². The smallest absolute Gasteiger partial charge is 0.255 e. The average Bonchev–Trinajstić information content (AvgIpc) is 3.27. The number of hydrogen-bond donors (Lipinski definition) is 0. The van der Waals surface area contributed by atoms with Crippen LogP contribution in [0, 0.1) is 0 Å². The van der Waals surface area contributed by atoms with Crippen molar-refractivity contribution in [2.24, 2.45) is 0 Å². The topological polar surface area (TPSA) is 67.2 Å². The lowest BCUT2D eigenvalue weighted by Gasteiger charge is -2.37. The van der Waals surface area contributed by atoms with Crippen LogP contribution in [0.4, 0.5) is 0 Å². The Morgan fingerprint density at radius 1 is 1.00 bits per heavy atom. The van der Waals surface area contributed by atoms with Gasteiger partial charge in [0.05, 0.1) is 17.0 Å². The van der Waals surface area contributed by atoms with Crippen molar-refractivity contribution in [3.8, 4) is 5.69 Å². The largest absolute Gasteiger partial charge is 0.336 e. The monoisotopic (exact) mass is 422 g/mol. The van der Waals surface area contributed by atoms with Gasteiger partial charge in [-0.2, -0.15) is 4.68 Å². The van der Waals surface area contributed by atoms with Crippen molar-refractivity contribution in [2.45, 2.75) is 30.5 Å². The number of para-hydroxylation sites is 1. The number of aromatic nitrogens is 4. The lowest BCUT2D eigenvalue weighted by Crippen LogP contribution is -2.50. The number of rotatable bonds is 6. The Labute approximate surface area is 181 Å². The first-order valence-corrected chi connectivity index (χ1v) is 11.2. The molecule has 1 saturated heterocycles. The molecule has 4 rings (SSSR count). The van der Waals surface area contributed by atoms with Crippen molar-refractivity contribution in [2.75, 3.05) is 26.2 Å². The van der Waals surface area contributed by atoms with E-state index in [-0.39, 0.29) is 5.91 Å². The maximum absolute atomic E-state index is 13.2. The van der Waals surface area contributed by atoms with Crippen LogP contribution in [-0.2, 0) is 5.75 Å². The van der Waals surface area contributed by atoms with Crippen LogP contribution in [0.2, 0.25) is 0 Å². The molecule has 1 aliphatic rings. The third-order valence-corrected chi connectivity index (χ3v) is 6.41. The molecule has 30 heavy (non-hydrogen) atoms. The molecule has 0 radical (unpaired) electrons. The van der Waals surface area contributed by atoms with Crippen LogP contribution in [0.1, 0.15) is 30.0 Å². The number of benzene rings is 2. The van der Waals surface area contributed by atoms with E-state index < -0.39 is 0 Å². The highest BCUT2D eigenvalue weighted by Crippen LogP contribution is 2.27. The molecule has 1 aromatic heterocycles. The van der Waals surface area contributed by atoms with Gasteiger partial charge in [0.25, 0.3) is 5.91 Å². The second kappa shape index (κ2) is 9.40. The second-order valence-corrected chi connectivity index (χ2v) is 8.57. The molecule has 0 atom stereocenters. The van der Waals surface area contributed by atoms with Crippen LogP contribution in [-0.4, -0.2) is 68.1 Å². The molecule has 7 nitrogen and oxygen atoms in total. The molecule has 0 unspecified atom stereocenters. The van der Waals surface area contributed by atoms with Crippen LogP contribution in [0.15, 0.2) is 59.5 Å². The molecule has 1 fully saturated rings. The van der Waals surface area contributed by atoms with Crippen LogP contribution < -0.4 is 0 Å². The molecule has 2 heterocycles. The third kappa shape index (κ3) is 4.55. The number of thioether (sulfide) groups is 1. The molecule has 2 aromatic carbocycles. The van der Waals surface area contributed by atoms with Gasteiger partial charge in [-0.1, -0.05) is 30.3 Å². The maximum Gasteiger partial charge on any atom is 0.255 e. The number of tetrazole rings is 1. The van der Waals surface area contributed by atoms with Crippen LogP contribution in [0.3, 0.4) is 0 Å². The van der Waals surface area contributed by atoms with E-state index in [1.54, 1.807) is 16.4 Å². The number of nitrogens with zero attached hydrogens (tertiary/aromatic N) is 6. The van der Waals surface area contributed by atoms with E-state index in [0.29, 0.717) is 11.8 Å². The molecule has 8 heteroatoms. The minimum Gasteiger partial charge on any atom is -0.336 e. The number of piperazine rings is 1.